The second-order valence-electron chi connectivity index (χ2n) is 5.05. The fraction of sp³-hybridized carbons (Fsp3) is 0.500. The van der Waals surface area contributed by atoms with Crippen LogP contribution in [-0.2, 0) is 4.79 Å². The van der Waals surface area contributed by atoms with Crippen LogP contribution in [0.1, 0.15) is 13.8 Å². The van der Waals surface area contributed by atoms with Gasteiger partial charge in [-0.05, 0) is 19.1 Å². The van der Waals surface area contributed by atoms with E-state index in [-0.39, 0.29) is 17.9 Å². The first-order valence-corrected chi connectivity index (χ1v) is 6.39. The topological polar surface area (TPSA) is 49.6 Å². The zero-order valence-electron chi connectivity index (χ0n) is 11.3. The monoisotopic (exact) mass is 247 g/mol. The summed E-state index contributed by atoms with van der Waals surface area (Å²) in [6.45, 7) is 5.36. The summed E-state index contributed by atoms with van der Waals surface area (Å²) in [4.78, 5) is 16.5. The van der Waals surface area contributed by atoms with Crippen molar-refractivity contribution < 1.29 is 4.79 Å². The molecule has 0 fully saturated rings. The normalized spacial score (nSPS) is 18.2. The van der Waals surface area contributed by atoms with Gasteiger partial charge in [0, 0.05) is 26.2 Å². The molecule has 0 aliphatic carbocycles. The Morgan fingerprint density at radius 1 is 1.22 bits per heavy atom. The van der Waals surface area contributed by atoms with Crippen molar-refractivity contribution in [3.05, 3.63) is 24.3 Å². The molecule has 0 spiro atoms. The van der Waals surface area contributed by atoms with Crippen molar-refractivity contribution in [2.75, 3.05) is 29.9 Å². The number of fused-ring (bicyclic) bond motifs is 1. The highest BCUT2D eigenvalue weighted by molar-refractivity contribution is 5.99. The molecule has 18 heavy (non-hydrogen) atoms. The van der Waals surface area contributed by atoms with E-state index in [0.717, 1.165) is 24.5 Å². The van der Waals surface area contributed by atoms with Gasteiger partial charge in [0.25, 0.3) is 0 Å². The Morgan fingerprint density at radius 3 is 2.44 bits per heavy atom. The smallest absolute Gasteiger partial charge is 0.231 e. The lowest BCUT2D eigenvalue weighted by Crippen LogP contribution is -2.47. The fourth-order valence-corrected chi connectivity index (χ4v) is 2.21. The van der Waals surface area contributed by atoms with Gasteiger partial charge in [0.15, 0.2) is 0 Å². The van der Waals surface area contributed by atoms with Gasteiger partial charge in [-0.15, -0.1) is 0 Å². The Hall–Kier alpha value is -1.55. The van der Waals surface area contributed by atoms with E-state index in [1.54, 1.807) is 0 Å². The summed E-state index contributed by atoms with van der Waals surface area (Å²) in [5, 5.41) is 0. The van der Waals surface area contributed by atoms with Crippen molar-refractivity contribution in [2.45, 2.75) is 19.9 Å². The standard InChI is InChI=1S/C14H21N3O/c1-10(11(2)15)14(18)17-9-8-16(3)12-6-4-5-7-13(12)17/h4-7,10-11H,8-9,15H2,1-3H3. The summed E-state index contributed by atoms with van der Waals surface area (Å²) in [6, 6.07) is 7.89. The number of benzene rings is 1. The van der Waals surface area contributed by atoms with Gasteiger partial charge >= 0.3 is 0 Å². The zero-order chi connectivity index (χ0) is 13.3. The molecule has 1 heterocycles. The Balaban J connectivity index is 2.32. The second kappa shape index (κ2) is 4.98. The van der Waals surface area contributed by atoms with Crippen LogP contribution < -0.4 is 15.5 Å². The molecule has 0 saturated heterocycles. The van der Waals surface area contributed by atoms with E-state index in [0.29, 0.717) is 0 Å². The van der Waals surface area contributed by atoms with Crippen LogP contribution in [0.2, 0.25) is 0 Å². The maximum atomic E-state index is 12.4. The van der Waals surface area contributed by atoms with Gasteiger partial charge in [0.05, 0.1) is 17.3 Å². The number of nitrogens with zero attached hydrogens (tertiary/aromatic N) is 2. The van der Waals surface area contributed by atoms with E-state index in [9.17, 15) is 4.79 Å². The van der Waals surface area contributed by atoms with E-state index in [2.05, 4.69) is 11.9 Å². The number of carbonyl (C=O) groups excluding carboxylic acids is 1. The van der Waals surface area contributed by atoms with E-state index in [1.165, 1.54) is 0 Å². The summed E-state index contributed by atoms with van der Waals surface area (Å²) in [5.41, 5.74) is 7.93. The summed E-state index contributed by atoms with van der Waals surface area (Å²) >= 11 is 0. The minimum atomic E-state index is -0.151. The van der Waals surface area contributed by atoms with Gasteiger partial charge in [0.2, 0.25) is 5.91 Å². The maximum absolute atomic E-state index is 12.4. The Labute approximate surface area is 108 Å². The Kier molecular flexibility index (Phi) is 3.57. The Morgan fingerprint density at radius 2 is 1.83 bits per heavy atom. The molecule has 0 aromatic heterocycles. The first-order valence-electron chi connectivity index (χ1n) is 6.39. The molecule has 2 unspecified atom stereocenters. The lowest BCUT2D eigenvalue weighted by Gasteiger charge is -2.37. The molecule has 2 rings (SSSR count). The molecule has 98 valence electrons. The number of nitrogens with two attached hydrogens (primary N) is 1. The first kappa shape index (κ1) is 12.9. The van der Waals surface area contributed by atoms with Gasteiger partial charge in [-0.25, -0.2) is 0 Å². The van der Waals surface area contributed by atoms with Crippen molar-refractivity contribution in [3.8, 4) is 0 Å². The van der Waals surface area contributed by atoms with Crippen molar-refractivity contribution in [2.24, 2.45) is 11.7 Å². The molecule has 0 radical (unpaired) electrons. The van der Waals surface area contributed by atoms with Crippen molar-refractivity contribution in [1.82, 2.24) is 0 Å². The molecular weight excluding hydrogens is 226 g/mol. The average Bonchev–Trinajstić information content (AvgIpc) is 2.38. The van der Waals surface area contributed by atoms with Crippen molar-refractivity contribution in [3.63, 3.8) is 0 Å². The lowest BCUT2D eigenvalue weighted by atomic mass is 10.0. The second-order valence-corrected chi connectivity index (χ2v) is 5.05. The highest BCUT2D eigenvalue weighted by atomic mass is 16.2. The van der Waals surface area contributed by atoms with Crippen LogP contribution in [0.25, 0.3) is 0 Å². The van der Waals surface area contributed by atoms with Crippen LogP contribution in [0.5, 0.6) is 0 Å². The van der Waals surface area contributed by atoms with Gasteiger partial charge in [-0.3, -0.25) is 4.79 Å². The minimum absolute atomic E-state index is 0.116. The number of anilines is 2. The lowest BCUT2D eigenvalue weighted by molar-refractivity contribution is -0.122. The van der Waals surface area contributed by atoms with Crippen LogP contribution >= 0.6 is 0 Å². The molecule has 1 aromatic rings. The number of rotatable bonds is 2. The van der Waals surface area contributed by atoms with Gasteiger partial charge in [-0.2, -0.15) is 0 Å². The van der Waals surface area contributed by atoms with Crippen LogP contribution in [0, 0.1) is 5.92 Å². The molecule has 4 nitrogen and oxygen atoms in total. The summed E-state index contributed by atoms with van der Waals surface area (Å²) in [5.74, 6) is -0.0352. The van der Waals surface area contributed by atoms with E-state index < -0.39 is 0 Å². The number of hydrogen-bond donors (Lipinski definition) is 1. The quantitative estimate of drug-likeness (QED) is 0.860. The molecule has 2 atom stereocenters. The SMILES string of the molecule is CC(N)C(C)C(=O)N1CCN(C)c2ccccc21. The summed E-state index contributed by atoms with van der Waals surface area (Å²) < 4.78 is 0. The average molecular weight is 247 g/mol. The van der Waals surface area contributed by atoms with Crippen molar-refractivity contribution >= 4 is 17.3 Å². The van der Waals surface area contributed by atoms with Crippen molar-refractivity contribution in [1.29, 1.82) is 0 Å². The Bertz CT molecular complexity index is 444. The van der Waals surface area contributed by atoms with Crippen LogP contribution in [0.4, 0.5) is 11.4 Å². The number of carbonyl (C=O) groups is 1. The molecule has 4 heteroatoms. The molecule has 1 aliphatic rings. The van der Waals surface area contributed by atoms with Crippen LogP contribution in [0.3, 0.4) is 0 Å². The molecule has 1 aromatic carbocycles. The zero-order valence-corrected chi connectivity index (χ0v) is 11.3. The highest BCUT2D eigenvalue weighted by Gasteiger charge is 2.29. The molecule has 0 bridgehead atoms. The van der Waals surface area contributed by atoms with Crippen LogP contribution in [0.15, 0.2) is 24.3 Å². The molecule has 1 amide bonds. The van der Waals surface area contributed by atoms with Gasteiger partial charge in [0.1, 0.15) is 0 Å². The predicted octanol–water partition coefficient (Wildman–Crippen LogP) is 1.45. The van der Waals surface area contributed by atoms with Crippen LogP contribution in [-0.4, -0.2) is 32.1 Å². The van der Waals surface area contributed by atoms with E-state index >= 15 is 0 Å². The molecular formula is C14H21N3O. The molecule has 2 N–H and O–H groups in total. The summed E-state index contributed by atoms with van der Waals surface area (Å²) in [7, 11) is 2.05. The maximum Gasteiger partial charge on any atom is 0.231 e. The highest BCUT2D eigenvalue weighted by Crippen LogP contribution is 2.32. The summed E-state index contributed by atoms with van der Waals surface area (Å²) in [6.07, 6.45) is 0. The molecule has 1 aliphatic heterocycles. The number of amides is 1. The molecule has 0 saturated carbocycles. The van der Waals surface area contributed by atoms with Gasteiger partial charge < -0.3 is 15.5 Å². The largest absolute Gasteiger partial charge is 0.371 e. The number of hydrogen-bond acceptors (Lipinski definition) is 3. The van der Waals surface area contributed by atoms with E-state index in [4.69, 9.17) is 5.73 Å². The fourth-order valence-electron chi connectivity index (χ4n) is 2.21. The van der Waals surface area contributed by atoms with E-state index in [1.807, 2.05) is 43.0 Å². The number of para-hydroxylation sites is 2. The predicted molar refractivity (Wildman–Crippen MR) is 74.9 cm³/mol. The third-order valence-electron chi connectivity index (χ3n) is 3.69. The first-order chi connectivity index (χ1) is 8.52. The third-order valence-corrected chi connectivity index (χ3v) is 3.69. The third kappa shape index (κ3) is 2.20. The van der Waals surface area contributed by atoms with Gasteiger partial charge in [-0.1, -0.05) is 19.1 Å². The number of likely N-dealkylation sites (N-methyl/N-ethyl adjacent to an activating group) is 1. The minimum Gasteiger partial charge on any atom is -0.371 e.